The molecule has 9 nitrogen and oxygen atoms in total. The van der Waals surface area contributed by atoms with Crippen LogP contribution in [0.2, 0.25) is 0 Å². The lowest BCUT2D eigenvalue weighted by Gasteiger charge is -2.23. The molecule has 1 aromatic rings. The van der Waals surface area contributed by atoms with E-state index in [1.54, 1.807) is 24.3 Å². The molecule has 0 aromatic heterocycles. The summed E-state index contributed by atoms with van der Waals surface area (Å²) >= 11 is 0. The molecule has 154 valence electrons. The molecule has 0 saturated carbocycles. The lowest BCUT2D eigenvalue weighted by atomic mass is 10.0. The molecule has 0 fully saturated rings. The number of rotatable bonds is 10. The number of benzene rings is 1. The average molecular weight is 392 g/mol. The second-order valence-electron chi connectivity index (χ2n) is 6.73. The van der Waals surface area contributed by atoms with Gasteiger partial charge >= 0.3 is 6.09 Å². The number of hydrogen-bond donors (Lipinski definition) is 4. The molecule has 0 aliphatic rings. The zero-order valence-electron chi connectivity index (χ0n) is 16.4. The van der Waals surface area contributed by atoms with Gasteiger partial charge in [0.15, 0.2) is 0 Å². The minimum atomic E-state index is -1.25. The van der Waals surface area contributed by atoms with Gasteiger partial charge in [-0.2, -0.15) is 0 Å². The summed E-state index contributed by atoms with van der Waals surface area (Å²) in [5.74, 6) is -1.69. The summed E-state index contributed by atoms with van der Waals surface area (Å²) < 4.78 is 5.07. The highest BCUT2D eigenvalue weighted by molar-refractivity contribution is 5.93. The highest BCUT2D eigenvalue weighted by Crippen LogP contribution is 2.06. The van der Waals surface area contributed by atoms with Crippen molar-refractivity contribution in [2.45, 2.75) is 45.4 Å². The van der Waals surface area contributed by atoms with E-state index >= 15 is 0 Å². The third kappa shape index (κ3) is 8.52. The number of hydrogen-bond acceptors (Lipinski definition) is 5. The van der Waals surface area contributed by atoms with Crippen LogP contribution in [0.4, 0.5) is 4.79 Å². The topological polar surface area (TPSA) is 140 Å². The van der Waals surface area contributed by atoms with Gasteiger partial charge in [0, 0.05) is 7.05 Å². The van der Waals surface area contributed by atoms with Crippen molar-refractivity contribution in [1.29, 1.82) is 0 Å². The molecule has 1 aromatic carbocycles. The number of nitrogens with one attached hydrogen (secondary N) is 3. The summed E-state index contributed by atoms with van der Waals surface area (Å²) in [7, 11) is 1.46. The number of likely N-dealkylation sites (N-methyl/N-ethyl adjacent to an activating group) is 1. The molecular formula is C19H28N4O5. The molecule has 0 aliphatic carbocycles. The molecule has 4 amide bonds. The van der Waals surface area contributed by atoms with Crippen LogP contribution in [0.25, 0.3) is 0 Å². The van der Waals surface area contributed by atoms with E-state index in [0.29, 0.717) is 6.42 Å². The summed E-state index contributed by atoms with van der Waals surface area (Å²) in [6.45, 7) is 3.82. The molecule has 1 rings (SSSR count). The normalized spacial score (nSPS) is 12.6. The van der Waals surface area contributed by atoms with Gasteiger partial charge in [-0.05, 0) is 17.9 Å². The molecule has 0 saturated heterocycles. The minimum absolute atomic E-state index is 0.00575. The Balaban J connectivity index is 2.73. The van der Waals surface area contributed by atoms with Gasteiger partial charge in [0.1, 0.15) is 18.7 Å². The van der Waals surface area contributed by atoms with Crippen molar-refractivity contribution in [2.24, 2.45) is 11.7 Å². The highest BCUT2D eigenvalue weighted by atomic mass is 16.5. The SMILES string of the molecule is CNC(=O)C(CC(C)C)NC(=O)C(CC(N)=O)NC(=O)OCc1ccccc1. The summed E-state index contributed by atoms with van der Waals surface area (Å²) in [5.41, 5.74) is 5.95. The van der Waals surface area contributed by atoms with Crippen LogP contribution in [0.3, 0.4) is 0 Å². The molecule has 2 atom stereocenters. The van der Waals surface area contributed by atoms with E-state index in [9.17, 15) is 19.2 Å². The monoisotopic (exact) mass is 392 g/mol. The van der Waals surface area contributed by atoms with Crippen molar-refractivity contribution in [3.05, 3.63) is 35.9 Å². The molecule has 0 heterocycles. The highest BCUT2D eigenvalue weighted by Gasteiger charge is 2.28. The van der Waals surface area contributed by atoms with Crippen molar-refractivity contribution < 1.29 is 23.9 Å². The lowest BCUT2D eigenvalue weighted by molar-refractivity contribution is -0.131. The Morgan fingerprint density at radius 1 is 1.00 bits per heavy atom. The Kier molecular flexibility index (Phi) is 9.49. The second-order valence-corrected chi connectivity index (χ2v) is 6.73. The van der Waals surface area contributed by atoms with E-state index in [1.807, 2.05) is 19.9 Å². The van der Waals surface area contributed by atoms with Crippen LogP contribution in [0.15, 0.2) is 30.3 Å². The van der Waals surface area contributed by atoms with Crippen molar-refractivity contribution in [2.75, 3.05) is 7.05 Å². The Hall–Kier alpha value is -3.10. The molecule has 0 radical (unpaired) electrons. The average Bonchev–Trinajstić information content (AvgIpc) is 2.64. The van der Waals surface area contributed by atoms with Gasteiger partial charge in [0.2, 0.25) is 17.7 Å². The van der Waals surface area contributed by atoms with Crippen LogP contribution in [0.1, 0.15) is 32.3 Å². The predicted molar refractivity (Wildman–Crippen MR) is 103 cm³/mol. The van der Waals surface area contributed by atoms with E-state index in [4.69, 9.17) is 10.5 Å². The minimum Gasteiger partial charge on any atom is -0.445 e. The Morgan fingerprint density at radius 3 is 2.18 bits per heavy atom. The van der Waals surface area contributed by atoms with Crippen LogP contribution >= 0.6 is 0 Å². The maximum Gasteiger partial charge on any atom is 0.408 e. The van der Waals surface area contributed by atoms with Gasteiger partial charge in [-0.25, -0.2) is 4.79 Å². The van der Waals surface area contributed by atoms with Crippen LogP contribution < -0.4 is 21.7 Å². The largest absolute Gasteiger partial charge is 0.445 e. The van der Waals surface area contributed by atoms with E-state index in [-0.39, 0.29) is 18.4 Å². The number of amides is 4. The smallest absolute Gasteiger partial charge is 0.408 e. The van der Waals surface area contributed by atoms with E-state index in [0.717, 1.165) is 5.56 Å². The van der Waals surface area contributed by atoms with Gasteiger partial charge in [0.25, 0.3) is 0 Å². The van der Waals surface area contributed by atoms with E-state index < -0.39 is 36.4 Å². The first kappa shape index (κ1) is 22.9. The van der Waals surface area contributed by atoms with E-state index in [2.05, 4.69) is 16.0 Å². The lowest BCUT2D eigenvalue weighted by Crippen LogP contribution is -2.54. The number of ether oxygens (including phenoxy) is 1. The maximum atomic E-state index is 12.5. The van der Waals surface area contributed by atoms with Crippen molar-refractivity contribution in [3.8, 4) is 0 Å². The summed E-state index contributed by atoms with van der Waals surface area (Å²) in [5, 5.41) is 7.36. The maximum absolute atomic E-state index is 12.5. The fourth-order valence-corrected chi connectivity index (χ4v) is 2.47. The van der Waals surface area contributed by atoms with Gasteiger partial charge in [-0.1, -0.05) is 44.2 Å². The summed E-state index contributed by atoms with van der Waals surface area (Å²) in [6, 6.07) is 6.94. The molecule has 5 N–H and O–H groups in total. The van der Waals surface area contributed by atoms with Gasteiger partial charge in [-0.15, -0.1) is 0 Å². The van der Waals surface area contributed by atoms with Crippen LogP contribution in [-0.2, 0) is 25.7 Å². The van der Waals surface area contributed by atoms with E-state index in [1.165, 1.54) is 7.05 Å². The third-order valence-electron chi connectivity index (χ3n) is 3.81. The fraction of sp³-hybridized carbons (Fsp3) is 0.474. The second kappa shape index (κ2) is 11.6. The fourth-order valence-electron chi connectivity index (χ4n) is 2.47. The third-order valence-corrected chi connectivity index (χ3v) is 3.81. The van der Waals surface area contributed by atoms with Crippen LogP contribution in [0.5, 0.6) is 0 Å². The quantitative estimate of drug-likeness (QED) is 0.457. The molecule has 0 aliphatic heterocycles. The van der Waals surface area contributed by atoms with Gasteiger partial charge in [-0.3, -0.25) is 14.4 Å². The van der Waals surface area contributed by atoms with Crippen molar-refractivity contribution in [1.82, 2.24) is 16.0 Å². The Bertz CT molecular complexity index is 678. The predicted octanol–water partition coefficient (Wildman–Crippen LogP) is 0.434. The number of carbonyl (C=O) groups excluding carboxylic acids is 4. The van der Waals surface area contributed by atoms with Crippen LogP contribution in [-0.4, -0.2) is 42.9 Å². The summed E-state index contributed by atoms with van der Waals surface area (Å²) in [4.78, 5) is 47.8. The number of alkyl carbamates (subject to hydrolysis) is 1. The van der Waals surface area contributed by atoms with Crippen molar-refractivity contribution >= 4 is 23.8 Å². The first-order valence-electron chi connectivity index (χ1n) is 9.00. The Morgan fingerprint density at radius 2 is 1.64 bits per heavy atom. The van der Waals surface area contributed by atoms with Crippen molar-refractivity contribution in [3.63, 3.8) is 0 Å². The van der Waals surface area contributed by atoms with Gasteiger partial charge in [0.05, 0.1) is 6.42 Å². The molecule has 9 heteroatoms. The molecule has 28 heavy (non-hydrogen) atoms. The van der Waals surface area contributed by atoms with Crippen LogP contribution in [0, 0.1) is 5.92 Å². The molecule has 0 spiro atoms. The zero-order chi connectivity index (χ0) is 21.1. The number of primary amides is 1. The standard InChI is InChI=1S/C19H28N4O5/c1-12(2)9-14(17(25)21-3)22-18(26)15(10-16(20)24)23-19(27)28-11-13-7-5-4-6-8-13/h4-8,12,14-15H,9-11H2,1-3H3,(H2,20,24)(H,21,25)(H,22,26)(H,23,27). The molecular weight excluding hydrogens is 364 g/mol. The Labute approximate surface area is 164 Å². The number of nitrogens with two attached hydrogens (primary N) is 1. The first-order chi connectivity index (χ1) is 13.2. The zero-order valence-corrected chi connectivity index (χ0v) is 16.4. The number of carbonyl (C=O) groups is 4. The summed E-state index contributed by atoms with van der Waals surface area (Å²) in [6.07, 6.45) is -0.896. The first-order valence-corrected chi connectivity index (χ1v) is 9.00. The molecule has 0 bridgehead atoms. The van der Waals surface area contributed by atoms with Gasteiger partial charge < -0.3 is 26.4 Å². The molecule has 2 unspecified atom stereocenters.